The zero-order chi connectivity index (χ0) is 17.6. The number of halogens is 1. The number of amides is 1. The second-order valence-corrected chi connectivity index (χ2v) is 5.57. The molecule has 0 saturated carbocycles. The fraction of sp³-hybridized carbons (Fsp3) is 0.0500. The average Bonchev–Trinajstić information content (AvgIpc) is 2.65. The van der Waals surface area contributed by atoms with Gasteiger partial charge in [-0.25, -0.2) is 4.39 Å². The molecule has 0 spiro atoms. The molecule has 5 heteroatoms. The second kappa shape index (κ2) is 7.49. The van der Waals surface area contributed by atoms with Crippen molar-refractivity contribution >= 4 is 28.1 Å². The summed E-state index contributed by atoms with van der Waals surface area (Å²) in [5, 5.41) is 5.33. The van der Waals surface area contributed by atoms with E-state index >= 15 is 0 Å². The Kier molecular flexibility index (Phi) is 4.95. The van der Waals surface area contributed by atoms with Crippen molar-refractivity contribution in [1.29, 1.82) is 0 Å². The number of hydrogen-bond acceptors (Lipinski definition) is 3. The predicted molar refractivity (Wildman–Crippen MR) is 99.2 cm³/mol. The van der Waals surface area contributed by atoms with Crippen LogP contribution in [0.5, 0.6) is 0 Å². The minimum absolute atomic E-state index is 0.113. The Morgan fingerprint density at radius 1 is 0.920 bits per heavy atom. The fourth-order valence-electron chi connectivity index (χ4n) is 2.39. The van der Waals surface area contributed by atoms with Crippen molar-refractivity contribution in [3.63, 3.8) is 0 Å². The van der Waals surface area contributed by atoms with E-state index in [-0.39, 0.29) is 18.3 Å². The molecule has 0 aromatic heterocycles. The van der Waals surface area contributed by atoms with E-state index in [4.69, 9.17) is 0 Å². The molecule has 0 atom stereocenters. The molecule has 0 saturated heterocycles. The van der Waals surface area contributed by atoms with E-state index in [9.17, 15) is 9.18 Å². The summed E-state index contributed by atoms with van der Waals surface area (Å²) < 4.78 is 12.9. The molecule has 3 N–H and O–H groups in total. The zero-order valence-corrected chi connectivity index (χ0v) is 13.6. The van der Waals surface area contributed by atoms with E-state index in [0.717, 1.165) is 16.5 Å². The summed E-state index contributed by atoms with van der Waals surface area (Å²) in [6.07, 6.45) is 0. The van der Waals surface area contributed by atoms with Gasteiger partial charge in [-0.15, -0.1) is 0 Å². The number of carbonyl (C=O) groups excluding carboxylic acids is 1. The van der Waals surface area contributed by atoms with Gasteiger partial charge in [-0.2, -0.15) is 0 Å². The minimum Gasteiger partial charge on any atom is -0.376 e. The van der Waals surface area contributed by atoms with Crippen molar-refractivity contribution in [2.45, 2.75) is 0 Å². The number of rotatable bonds is 6. The number of hydrogen-bond donors (Lipinski definition) is 3. The van der Waals surface area contributed by atoms with Crippen LogP contribution >= 0.6 is 0 Å². The standard InChI is InChI=1S/C20H18FN3O/c1-14(15-6-9-18(21)10-7-15)23-24-20(25)13-22-19-11-8-16-4-2-3-5-17(16)12-19/h2-12,22-23H,1,13H2,(H,24,25). The van der Waals surface area contributed by atoms with E-state index < -0.39 is 0 Å². The van der Waals surface area contributed by atoms with Crippen LogP contribution in [0, 0.1) is 5.82 Å². The van der Waals surface area contributed by atoms with Crippen LogP contribution in [0.15, 0.2) is 73.3 Å². The summed E-state index contributed by atoms with van der Waals surface area (Å²) in [4.78, 5) is 11.9. The van der Waals surface area contributed by atoms with E-state index in [1.165, 1.54) is 12.1 Å². The first-order valence-corrected chi connectivity index (χ1v) is 7.84. The Hall–Kier alpha value is -3.34. The van der Waals surface area contributed by atoms with E-state index in [2.05, 4.69) is 22.7 Å². The van der Waals surface area contributed by atoms with Gasteiger partial charge >= 0.3 is 0 Å². The van der Waals surface area contributed by atoms with Crippen LogP contribution in [0.4, 0.5) is 10.1 Å². The molecular formula is C20H18FN3O. The third kappa shape index (κ3) is 4.35. The molecule has 0 fully saturated rings. The maximum atomic E-state index is 12.9. The summed E-state index contributed by atoms with van der Waals surface area (Å²) >= 11 is 0. The van der Waals surface area contributed by atoms with Gasteiger partial charge in [0, 0.05) is 5.69 Å². The lowest BCUT2D eigenvalue weighted by Crippen LogP contribution is -2.39. The van der Waals surface area contributed by atoms with Crippen LogP contribution < -0.4 is 16.2 Å². The van der Waals surface area contributed by atoms with Crippen molar-refractivity contribution in [2.75, 3.05) is 11.9 Å². The van der Waals surface area contributed by atoms with Crippen molar-refractivity contribution < 1.29 is 9.18 Å². The molecule has 0 heterocycles. The number of anilines is 1. The SMILES string of the molecule is C=C(NNC(=O)CNc1ccc2ccccc2c1)c1ccc(F)cc1. The smallest absolute Gasteiger partial charge is 0.257 e. The van der Waals surface area contributed by atoms with Crippen molar-refractivity contribution in [1.82, 2.24) is 10.9 Å². The van der Waals surface area contributed by atoms with Gasteiger partial charge < -0.3 is 5.32 Å². The highest BCUT2D eigenvalue weighted by molar-refractivity contribution is 5.87. The van der Waals surface area contributed by atoms with Crippen LogP contribution in [0.2, 0.25) is 0 Å². The van der Waals surface area contributed by atoms with Crippen molar-refractivity contribution in [3.05, 3.63) is 84.7 Å². The summed E-state index contributed by atoms with van der Waals surface area (Å²) in [5.74, 6) is -0.559. The first-order chi connectivity index (χ1) is 12.1. The zero-order valence-electron chi connectivity index (χ0n) is 13.6. The lowest BCUT2D eigenvalue weighted by atomic mass is 10.1. The first-order valence-electron chi connectivity index (χ1n) is 7.84. The molecule has 0 aliphatic carbocycles. The summed E-state index contributed by atoms with van der Waals surface area (Å²) in [7, 11) is 0. The maximum Gasteiger partial charge on any atom is 0.257 e. The van der Waals surface area contributed by atoms with Gasteiger partial charge in [-0.3, -0.25) is 15.6 Å². The molecule has 1 amide bonds. The molecule has 3 rings (SSSR count). The van der Waals surface area contributed by atoms with Gasteiger partial charge in [0.25, 0.3) is 5.91 Å². The highest BCUT2D eigenvalue weighted by Gasteiger charge is 2.04. The van der Waals surface area contributed by atoms with E-state index in [1.54, 1.807) is 12.1 Å². The van der Waals surface area contributed by atoms with Gasteiger partial charge in [0.1, 0.15) is 5.82 Å². The first kappa shape index (κ1) is 16.5. The summed E-state index contributed by atoms with van der Waals surface area (Å²) in [6.45, 7) is 3.92. The molecule has 0 aliphatic heterocycles. The average molecular weight is 335 g/mol. The molecule has 0 radical (unpaired) electrons. The summed E-state index contributed by atoms with van der Waals surface area (Å²) in [5.41, 5.74) is 7.34. The lowest BCUT2D eigenvalue weighted by molar-refractivity contribution is -0.120. The molecular weight excluding hydrogens is 317 g/mol. The van der Waals surface area contributed by atoms with Crippen LogP contribution in [-0.2, 0) is 4.79 Å². The number of benzene rings is 3. The molecule has 3 aromatic rings. The van der Waals surface area contributed by atoms with Gasteiger partial charge in [-0.05, 0) is 52.7 Å². The van der Waals surface area contributed by atoms with Gasteiger partial charge in [0.15, 0.2) is 0 Å². The molecule has 0 unspecified atom stereocenters. The third-order valence-electron chi connectivity index (χ3n) is 3.75. The van der Waals surface area contributed by atoms with E-state index in [0.29, 0.717) is 11.3 Å². The number of fused-ring (bicyclic) bond motifs is 1. The Morgan fingerprint density at radius 3 is 2.40 bits per heavy atom. The Balaban J connectivity index is 1.50. The van der Waals surface area contributed by atoms with Gasteiger partial charge in [0.2, 0.25) is 0 Å². The minimum atomic E-state index is -0.319. The topological polar surface area (TPSA) is 53.2 Å². The Bertz CT molecular complexity index is 906. The molecule has 0 aliphatic rings. The van der Waals surface area contributed by atoms with Gasteiger partial charge in [0.05, 0.1) is 12.2 Å². The Labute approximate surface area is 145 Å². The molecule has 25 heavy (non-hydrogen) atoms. The highest BCUT2D eigenvalue weighted by atomic mass is 19.1. The van der Waals surface area contributed by atoms with Crippen molar-refractivity contribution in [3.8, 4) is 0 Å². The monoisotopic (exact) mass is 335 g/mol. The lowest BCUT2D eigenvalue weighted by Gasteiger charge is -2.12. The second-order valence-electron chi connectivity index (χ2n) is 5.57. The quantitative estimate of drug-likeness (QED) is 0.602. The number of nitrogens with one attached hydrogen (secondary N) is 3. The van der Waals surface area contributed by atoms with Crippen molar-refractivity contribution in [2.24, 2.45) is 0 Å². The number of carbonyl (C=O) groups is 1. The van der Waals surface area contributed by atoms with E-state index in [1.807, 2.05) is 42.5 Å². The maximum absolute atomic E-state index is 12.9. The highest BCUT2D eigenvalue weighted by Crippen LogP contribution is 2.18. The van der Waals surface area contributed by atoms with Crippen LogP contribution in [0.25, 0.3) is 16.5 Å². The molecule has 3 aromatic carbocycles. The Morgan fingerprint density at radius 2 is 1.64 bits per heavy atom. The molecule has 4 nitrogen and oxygen atoms in total. The summed E-state index contributed by atoms with van der Waals surface area (Å²) in [6, 6.07) is 19.8. The number of hydrazine groups is 1. The predicted octanol–water partition coefficient (Wildman–Crippen LogP) is 3.68. The van der Waals surface area contributed by atoms with Gasteiger partial charge in [-0.1, -0.05) is 36.9 Å². The van der Waals surface area contributed by atoms with Crippen LogP contribution in [0.1, 0.15) is 5.56 Å². The fourth-order valence-corrected chi connectivity index (χ4v) is 2.39. The normalized spacial score (nSPS) is 10.3. The molecule has 126 valence electrons. The third-order valence-corrected chi connectivity index (χ3v) is 3.75. The van der Waals surface area contributed by atoms with Crippen LogP contribution in [-0.4, -0.2) is 12.5 Å². The molecule has 0 bridgehead atoms. The largest absolute Gasteiger partial charge is 0.376 e. The van der Waals surface area contributed by atoms with Crippen LogP contribution in [0.3, 0.4) is 0 Å².